The van der Waals surface area contributed by atoms with Gasteiger partial charge < -0.3 is 9.30 Å². The fraction of sp³-hybridized carbons (Fsp3) is 0.125. The van der Waals surface area contributed by atoms with Gasteiger partial charge in [0.05, 0.1) is 18.1 Å². The summed E-state index contributed by atoms with van der Waals surface area (Å²) in [4.78, 5) is 0. The zero-order chi connectivity index (χ0) is 33.6. The van der Waals surface area contributed by atoms with E-state index in [0.717, 1.165) is 25.0 Å². The number of aryl methyl sites for hydroxylation is 1. The van der Waals surface area contributed by atoms with Crippen molar-refractivity contribution < 1.29 is 4.74 Å². The van der Waals surface area contributed by atoms with Crippen LogP contribution in [0, 0.1) is 0 Å². The maximum atomic E-state index is 5.47. The Labute approximate surface area is 293 Å². The smallest absolute Gasteiger partial charge is 0.118 e. The number of methoxy groups -OCH3 is 1. The van der Waals surface area contributed by atoms with Crippen molar-refractivity contribution in [2.24, 2.45) is 0 Å². The molecule has 0 saturated carbocycles. The summed E-state index contributed by atoms with van der Waals surface area (Å²) in [5.41, 5.74) is 11.5. The molecule has 1 heterocycles. The average molecular weight is 646 g/mol. The Morgan fingerprint density at radius 3 is 1.72 bits per heavy atom. The number of benzene rings is 7. The summed E-state index contributed by atoms with van der Waals surface area (Å²) < 4.78 is 7.91. The van der Waals surface area contributed by atoms with Gasteiger partial charge in [-0.2, -0.15) is 0 Å². The molecule has 0 spiro atoms. The molecule has 0 bridgehead atoms. The van der Waals surface area contributed by atoms with Crippen LogP contribution >= 0.6 is 0 Å². The summed E-state index contributed by atoms with van der Waals surface area (Å²) in [5, 5.41) is 7.72. The normalized spacial score (nSPS) is 14.5. The molecular weight excluding hydrogens is 607 g/mol. The van der Waals surface area contributed by atoms with E-state index in [9.17, 15) is 0 Å². The molecule has 0 amide bonds. The predicted molar refractivity (Wildman–Crippen MR) is 213 cm³/mol. The molecule has 1 unspecified atom stereocenters. The van der Waals surface area contributed by atoms with E-state index < -0.39 is 0 Å². The van der Waals surface area contributed by atoms with E-state index >= 15 is 0 Å². The molecule has 242 valence electrons. The van der Waals surface area contributed by atoms with Gasteiger partial charge in [-0.05, 0) is 104 Å². The zero-order valence-corrected chi connectivity index (χ0v) is 28.6. The minimum Gasteiger partial charge on any atom is -0.497 e. The van der Waals surface area contributed by atoms with Crippen molar-refractivity contribution in [3.63, 3.8) is 0 Å². The molecule has 2 heteroatoms. The summed E-state index contributed by atoms with van der Waals surface area (Å²) in [6, 6.07) is 51.3. The van der Waals surface area contributed by atoms with Gasteiger partial charge in [-0.3, -0.25) is 0 Å². The summed E-state index contributed by atoms with van der Waals surface area (Å²) in [6.45, 7) is 2.25. The second-order valence-corrected chi connectivity index (χ2v) is 13.5. The zero-order valence-electron chi connectivity index (χ0n) is 28.6. The molecule has 1 aromatic heterocycles. The van der Waals surface area contributed by atoms with Gasteiger partial charge in [0.1, 0.15) is 5.75 Å². The number of rotatable bonds is 7. The number of fused-ring (bicyclic) bond motifs is 5. The molecule has 50 heavy (non-hydrogen) atoms. The van der Waals surface area contributed by atoms with E-state index in [0.29, 0.717) is 5.92 Å². The largest absolute Gasteiger partial charge is 0.497 e. The van der Waals surface area contributed by atoms with Crippen molar-refractivity contribution in [1.82, 2.24) is 4.57 Å². The molecule has 0 fully saturated rings. The van der Waals surface area contributed by atoms with Crippen LogP contribution in [0.5, 0.6) is 5.75 Å². The van der Waals surface area contributed by atoms with Gasteiger partial charge in [0.15, 0.2) is 0 Å². The standard InChI is InChI=1S/C48H39NO/c1-3-10-32-17-30-46-44(31-32)39-11-8-9-16-45(39)49(46)37-26-22-34(23-27-37)33-18-20-35(21-19-33)47-40-12-4-6-14-42(40)48(43-15-7-5-13-41(43)47)36-24-28-38(50-2)29-25-36/h4-9,11-22,24-31,34H,3,10,23H2,1-2H3. The molecule has 0 aliphatic heterocycles. The van der Waals surface area contributed by atoms with Gasteiger partial charge in [0.25, 0.3) is 0 Å². The van der Waals surface area contributed by atoms with Crippen molar-refractivity contribution in [2.75, 3.05) is 7.11 Å². The highest BCUT2D eigenvalue weighted by Crippen LogP contribution is 2.44. The highest BCUT2D eigenvalue weighted by atomic mass is 16.5. The minimum absolute atomic E-state index is 0.336. The van der Waals surface area contributed by atoms with Gasteiger partial charge in [0, 0.05) is 22.4 Å². The first kappa shape index (κ1) is 30.2. The summed E-state index contributed by atoms with van der Waals surface area (Å²) in [5.74, 6) is 1.20. The molecule has 1 atom stereocenters. The molecule has 0 saturated heterocycles. The number of hydrogen-bond acceptors (Lipinski definition) is 1. The second kappa shape index (κ2) is 12.5. The van der Waals surface area contributed by atoms with Crippen molar-refractivity contribution >= 4 is 49.0 Å². The number of allylic oxidation sites excluding steroid dienone is 4. The van der Waals surface area contributed by atoms with E-state index in [-0.39, 0.29) is 0 Å². The number of para-hydroxylation sites is 1. The van der Waals surface area contributed by atoms with Gasteiger partial charge in [0.2, 0.25) is 0 Å². The Morgan fingerprint density at radius 2 is 1.16 bits per heavy atom. The van der Waals surface area contributed by atoms with E-state index in [2.05, 4.69) is 169 Å². The number of nitrogens with zero attached hydrogens (tertiary/aromatic N) is 1. The topological polar surface area (TPSA) is 14.2 Å². The Morgan fingerprint density at radius 1 is 0.600 bits per heavy atom. The Bertz CT molecular complexity index is 2540. The van der Waals surface area contributed by atoms with Gasteiger partial charge in [-0.1, -0.05) is 135 Å². The molecule has 0 N–H and O–H groups in total. The SMILES string of the molecule is CCCc1ccc2c(c1)c1ccccc1n2C1=CCC(c2ccc(-c3c4ccccc4c(-c4ccc(OC)cc4)c4ccccc34)cc2)C=C1. The average Bonchev–Trinajstić information content (AvgIpc) is 3.51. The number of aromatic nitrogens is 1. The first-order chi connectivity index (χ1) is 24.7. The fourth-order valence-corrected chi connectivity index (χ4v) is 8.17. The van der Waals surface area contributed by atoms with Crippen molar-refractivity contribution in [3.8, 4) is 28.0 Å². The third-order valence-electron chi connectivity index (χ3n) is 10.6. The van der Waals surface area contributed by atoms with Crippen LogP contribution < -0.4 is 4.74 Å². The minimum atomic E-state index is 0.336. The van der Waals surface area contributed by atoms with Crippen LogP contribution in [0.4, 0.5) is 0 Å². The monoisotopic (exact) mass is 645 g/mol. The molecule has 8 aromatic rings. The lowest BCUT2D eigenvalue weighted by molar-refractivity contribution is 0.415. The highest BCUT2D eigenvalue weighted by Gasteiger charge is 2.19. The summed E-state index contributed by atoms with van der Waals surface area (Å²) in [6.07, 6.45) is 10.4. The lowest BCUT2D eigenvalue weighted by Gasteiger charge is -2.20. The number of ether oxygens (including phenoxy) is 1. The molecule has 2 nitrogen and oxygen atoms in total. The van der Waals surface area contributed by atoms with E-state index in [4.69, 9.17) is 4.74 Å². The quantitative estimate of drug-likeness (QED) is 0.157. The van der Waals surface area contributed by atoms with Crippen LogP contribution in [-0.2, 0) is 6.42 Å². The second-order valence-electron chi connectivity index (χ2n) is 13.5. The fourth-order valence-electron chi connectivity index (χ4n) is 8.17. The van der Waals surface area contributed by atoms with Gasteiger partial charge >= 0.3 is 0 Å². The third-order valence-corrected chi connectivity index (χ3v) is 10.6. The first-order valence-electron chi connectivity index (χ1n) is 17.8. The highest BCUT2D eigenvalue weighted by molar-refractivity contribution is 6.21. The van der Waals surface area contributed by atoms with Crippen LogP contribution in [0.15, 0.2) is 158 Å². The molecule has 1 aliphatic carbocycles. The van der Waals surface area contributed by atoms with Gasteiger partial charge in [-0.25, -0.2) is 0 Å². The Balaban J connectivity index is 1.07. The molecule has 9 rings (SSSR count). The van der Waals surface area contributed by atoms with E-state index in [1.54, 1.807) is 7.11 Å². The van der Waals surface area contributed by atoms with Gasteiger partial charge in [-0.15, -0.1) is 0 Å². The lowest BCUT2D eigenvalue weighted by Crippen LogP contribution is -2.03. The van der Waals surface area contributed by atoms with E-state index in [1.807, 2.05) is 0 Å². The molecule has 0 radical (unpaired) electrons. The van der Waals surface area contributed by atoms with Crippen molar-refractivity contribution in [1.29, 1.82) is 0 Å². The summed E-state index contributed by atoms with van der Waals surface area (Å²) in [7, 11) is 1.72. The van der Waals surface area contributed by atoms with Crippen LogP contribution in [0.1, 0.15) is 36.8 Å². The molecule has 1 aliphatic rings. The lowest BCUT2D eigenvalue weighted by atomic mass is 9.85. The summed E-state index contributed by atoms with van der Waals surface area (Å²) >= 11 is 0. The maximum Gasteiger partial charge on any atom is 0.118 e. The van der Waals surface area contributed by atoms with Crippen molar-refractivity contribution in [3.05, 3.63) is 169 Å². The Hall–Kier alpha value is -5.86. The van der Waals surface area contributed by atoms with Crippen LogP contribution in [0.25, 0.3) is 71.3 Å². The molecular formula is C48H39NO. The van der Waals surface area contributed by atoms with Crippen LogP contribution in [0.2, 0.25) is 0 Å². The Kier molecular flexibility index (Phi) is 7.58. The third kappa shape index (κ3) is 5.02. The predicted octanol–water partition coefficient (Wildman–Crippen LogP) is 13.0. The number of hydrogen-bond donors (Lipinski definition) is 0. The van der Waals surface area contributed by atoms with Crippen LogP contribution in [-0.4, -0.2) is 11.7 Å². The first-order valence-corrected chi connectivity index (χ1v) is 17.8. The molecule has 7 aromatic carbocycles. The maximum absolute atomic E-state index is 5.47. The van der Waals surface area contributed by atoms with Crippen molar-refractivity contribution in [2.45, 2.75) is 32.1 Å². The van der Waals surface area contributed by atoms with E-state index in [1.165, 1.54) is 82.4 Å². The van der Waals surface area contributed by atoms with Crippen LogP contribution in [0.3, 0.4) is 0 Å².